The standard InChI is InChI=1S/C11H15Cl2NO/c1-11(2,7-15)6-14-10-5-8(12)3-4-9(10)13/h3-5,14-15H,6-7H2,1-2H3. The Morgan fingerprint density at radius 2 is 2.00 bits per heavy atom. The lowest BCUT2D eigenvalue weighted by atomic mass is 9.95. The Morgan fingerprint density at radius 3 is 2.60 bits per heavy atom. The molecular weight excluding hydrogens is 233 g/mol. The molecular formula is C11H15Cl2NO. The van der Waals surface area contributed by atoms with Gasteiger partial charge in [-0.15, -0.1) is 0 Å². The van der Waals surface area contributed by atoms with Gasteiger partial charge in [0.15, 0.2) is 0 Å². The monoisotopic (exact) mass is 247 g/mol. The maximum atomic E-state index is 9.10. The van der Waals surface area contributed by atoms with Crippen molar-refractivity contribution in [3.05, 3.63) is 28.2 Å². The van der Waals surface area contributed by atoms with Crippen molar-refractivity contribution in [2.24, 2.45) is 5.41 Å². The van der Waals surface area contributed by atoms with Crippen LogP contribution in [0.5, 0.6) is 0 Å². The third kappa shape index (κ3) is 3.90. The van der Waals surface area contributed by atoms with Crippen LogP contribution in [0, 0.1) is 5.41 Å². The van der Waals surface area contributed by atoms with E-state index in [0.717, 1.165) is 5.69 Å². The summed E-state index contributed by atoms with van der Waals surface area (Å²) in [5, 5.41) is 13.5. The average Bonchev–Trinajstić information content (AvgIpc) is 2.20. The van der Waals surface area contributed by atoms with Gasteiger partial charge in [-0.2, -0.15) is 0 Å². The molecule has 1 rings (SSSR count). The molecule has 0 aliphatic rings. The molecule has 2 N–H and O–H groups in total. The first-order valence-electron chi connectivity index (χ1n) is 4.74. The molecule has 0 unspecified atom stereocenters. The van der Waals surface area contributed by atoms with Crippen molar-refractivity contribution >= 4 is 28.9 Å². The first-order valence-corrected chi connectivity index (χ1v) is 5.50. The average molecular weight is 248 g/mol. The summed E-state index contributed by atoms with van der Waals surface area (Å²) in [5.74, 6) is 0. The van der Waals surface area contributed by atoms with E-state index in [2.05, 4.69) is 5.32 Å². The molecule has 0 aliphatic heterocycles. The Kier molecular flexibility index (Phi) is 4.26. The summed E-state index contributed by atoms with van der Waals surface area (Å²) in [4.78, 5) is 0. The van der Waals surface area contributed by atoms with Gasteiger partial charge in [-0.25, -0.2) is 0 Å². The van der Waals surface area contributed by atoms with E-state index in [0.29, 0.717) is 16.6 Å². The van der Waals surface area contributed by atoms with Gasteiger partial charge >= 0.3 is 0 Å². The minimum absolute atomic E-state index is 0.123. The molecule has 1 aromatic rings. The smallest absolute Gasteiger partial charge is 0.0638 e. The highest BCUT2D eigenvalue weighted by atomic mass is 35.5. The molecule has 1 aromatic carbocycles. The fourth-order valence-electron chi connectivity index (χ4n) is 1.02. The molecule has 0 heterocycles. The lowest BCUT2D eigenvalue weighted by Gasteiger charge is -2.23. The molecule has 0 atom stereocenters. The Morgan fingerprint density at radius 1 is 1.33 bits per heavy atom. The molecule has 2 nitrogen and oxygen atoms in total. The zero-order valence-electron chi connectivity index (χ0n) is 8.85. The second kappa shape index (κ2) is 5.06. The highest BCUT2D eigenvalue weighted by Gasteiger charge is 2.16. The van der Waals surface area contributed by atoms with E-state index in [9.17, 15) is 0 Å². The molecule has 0 aromatic heterocycles. The van der Waals surface area contributed by atoms with Crippen LogP contribution in [0.1, 0.15) is 13.8 Å². The van der Waals surface area contributed by atoms with Crippen LogP contribution in [0.3, 0.4) is 0 Å². The molecule has 0 saturated heterocycles. The minimum Gasteiger partial charge on any atom is -0.396 e. The van der Waals surface area contributed by atoms with Gasteiger partial charge in [-0.05, 0) is 18.2 Å². The normalized spacial score (nSPS) is 11.5. The Labute approximate surface area is 100 Å². The number of hydrogen-bond acceptors (Lipinski definition) is 2. The molecule has 4 heteroatoms. The highest BCUT2D eigenvalue weighted by molar-refractivity contribution is 6.35. The van der Waals surface area contributed by atoms with Gasteiger partial charge in [0.05, 0.1) is 10.7 Å². The number of rotatable bonds is 4. The second-order valence-corrected chi connectivity index (χ2v) is 5.14. The van der Waals surface area contributed by atoms with Crippen molar-refractivity contribution in [2.75, 3.05) is 18.5 Å². The summed E-state index contributed by atoms with van der Waals surface area (Å²) in [6.45, 7) is 4.71. The quantitative estimate of drug-likeness (QED) is 0.855. The summed E-state index contributed by atoms with van der Waals surface area (Å²) < 4.78 is 0. The van der Waals surface area contributed by atoms with Gasteiger partial charge in [0.25, 0.3) is 0 Å². The predicted molar refractivity (Wildman–Crippen MR) is 65.8 cm³/mol. The van der Waals surface area contributed by atoms with Crippen LogP contribution in [0.25, 0.3) is 0 Å². The summed E-state index contributed by atoms with van der Waals surface area (Å²) in [5.41, 5.74) is 0.622. The molecule has 0 bridgehead atoms. The molecule has 0 aliphatic carbocycles. The van der Waals surface area contributed by atoms with Crippen LogP contribution in [0.2, 0.25) is 10.0 Å². The highest BCUT2D eigenvalue weighted by Crippen LogP contribution is 2.26. The molecule has 0 spiro atoms. The lowest BCUT2D eigenvalue weighted by molar-refractivity contribution is 0.171. The van der Waals surface area contributed by atoms with Crippen LogP contribution < -0.4 is 5.32 Å². The maximum absolute atomic E-state index is 9.10. The van der Waals surface area contributed by atoms with E-state index >= 15 is 0 Å². The number of anilines is 1. The van der Waals surface area contributed by atoms with Crippen LogP contribution in [-0.4, -0.2) is 18.3 Å². The van der Waals surface area contributed by atoms with E-state index in [4.69, 9.17) is 28.3 Å². The first kappa shape index (κ1) is 12.6. The number of aliphatic hydroxyl groups excluding tert-OH is 1. The van der Waals surface area contributed by atoms with E-state index < -0.39 is 0 Å². The van der Waals surface area contributed by atoms with E-state index in [1.54, 1.807) is 18.2 Å². The first-order chi connectivity index (χ1) is 6.94. The summed E-state index contributed by atoms with van der Waals surface area (Å²) in [7, 11) is 0. The summed E-state index contributed by atoms with van der Waals surface area (Å²) in [6.07, 6.45) is 0. The second-order valence-electron chi connectivity index (χ2n) is 4.30. The van der Waals surface area contributed by atoms with Crippen LogP contribution in [-0.2, 0) is 0 Å². The number of aliphatic hydroxyl groups is 1. The van der Waals surface area contributed by atoms with Crippen molar-refractivity contribution in [1.82, 2.24) is 0 Å². The Balaban J connectivity index is 2.69. The fraction of sp³-hybridized carbons (Fsp3) is 0.455. The van der Waals surface area contributed by atoms with E-state index in [-0.39, 0.29) is 12.0 Å². The Bertz CT molecular complexity index is 339. The van der Waals surface area contributed by atoms with Gasteiger partial charge in [-0.3, -0.25) is 0 Å². The van der Waals surface area contributed by atoms with Gasteiger partial charge < -0.3 is 10.4 Å². The van der Waals surface area contributed by atoms with Crippen molar-refractivity contribution in [2.45, 2.75) is 13.8 Å². The van der Waals surface area contributed by atoms with Crippen molar-refractivity contribution in [1.29, 1.82) is 0 Å². The predicted octanol–water partition coefficient (Wildman–Crippen LogP) is 3.42. The van der Waals surface area contributed by atoms with Gasteiger partial charge in [-0.1, -0.05) is 37.0 Å². The molecule has 0 radical (unpaired) electrons. The molecule has 84 valence electrons. The van der Waals surface area contributed by atoms with Gasteiger partial charge in [0.1, 0.15) is 0 Å². The SMILES string of the molecule is CC(C)(CO)CNc1cc(Cl)ccc1Cl. The third-order valence-corrected chi connectivity index (χ3v) is 2.68. The summed E-state index contributed by atoms with van der Waals surface area (Å²) >= 11 is 11.8. The molecule has 0 saturated carbocycles. The zero-order chi connectivity index (χ0) is 11.5. The number of benzene rings is 1. The fourth-order valence-corrected chi connectivity index (χ4v) is 1.38. The minimum atomic E-state index is -0.175. The topological polar surface area (TPSA) is 32.3 Å². The largest absolute Gasteiger partial charge is 0.396 e. The van der Waals surface area contributed by atoms with Crippen molar-refractivity contribution < 1.29 is 5.11 Å². The molecule has 0 fully saturated rings. The van der Waals surface area contributed by atoms with Gasteiger partial charge in [0, 0.05) is 23.6 Å². The van der Waals surface area contributed by atoms with E-state index in [1.165, 1.54) is 0 Å². The number of nitrogens with one attached hydrogen (secondary N) is 1. The molecule has 15 heavy (non-hydrogen) atoms. The third-order valence-electron chi connectivity index (χ3n) is 2.11. The molecule has 0 amide bonds. The zero-order valence-corrected chi connectivity index (χ0v) is 10.4. The van der Waals surface area contributed by atoms with Crippen LogP contribution in [0.4, 0.5) is 5.69 Å². The van der Waals surface area contributed by atoms with E-state index in [1.807, 2.05) is 13.8 Å². The van der Waals surface area contributed by atoms with Gasteiger partial charge in [0.2, 0.25) is 0 Å². The van der Waals surface area contributed by atoms with Crippen LogP contribution >= 0.6 is 23.2 Å². The number of hydrogen-bond donors (Lipinski definition) is 2. The Hall–Kier alpha value is -0.440. The van der Waals surface area contributed by atoms with Crippen molar-refractivity contribution in [3.8, 4) is 0 Å². The van der Waals surface area contributed by atoms with Crippen LogP contribution in [0.15, 0.2) is 18.2 Å². The summed E-state index contributed by atoms with van der Waals surface area (Å²) in [6, 6.07) is 5.27. The maximum Gasteiger partial charge on any atom is 0.0638 e. The van der Waals surface area contributed by atoms with Crippen molar-refractivity contribution in [3.63, 3.8) is 0 Å². The number of halogens is 2. The lowest BCUT2D eigenvalue weighted by Crippen LogP contribution is -2.26.